The van der Waals surface area contributed by atoms with Gasteiger partial charge < -0.3 is 14.8 Å². The molecule has 5 heteroatoms. The molecule has 1 amide bonds. The number of carbonyl (C=O) groups excluding carboxylic acids is 1. The Morgan fingerprint density at radius 1 is 1.45 bits per heavy atom. The van der Waals surface area contributed by atoms with Crippen LogP contribution in [0.5, 0.6) is 0 Å². The second-order valence-corrected chi connectivity index (χ2v) is 6.43. The molecule has 2 atom stereocenters. The highest BCUT2D eigenvalue weighted by Crippen LogP contribution is 2.46. The first-order valence-corrected chi connectivity index (χ1v) is 8.04. The Kier molecular flexibility index (Phi) is 5.06. The second-order valence-electron chi connectivity index (χ2n) is 6.43. The Bertz CT molecular complexity index is 530. The summed E-state index contributed by atoms with van der Waals surface area (Å²) in [6, 6.07) is 5.05. The van der Waals surface area contributed by atoms with E-state index in [1.165, 1.54) is 6.20 Å². The van der Waals surface area contributed by atoms with Gasteiger partial charge in [-0.05, 0) is 25.8 Å². The predicted octanol–water partition coefficient (Wildman–Crippen LogP) is 2.38. The number of carbonyl (C=O) groups is 1. The summed E-state index contributed by atoms with van der Waals surface area (Å²) in [5.74, 6) is -0.189. The molecule has 5 nitrogen and oxygen atoms in total. The number of nitrogens with zero attached hydrogens (tertiary/aromatic N) is 2. The Balaban J connectivity index is 2.21. The average Bonchev–Trinajstić information content (AvgIpc) is 2.49. The Morgan fingerprint density at radius 2 is 2.18 bits per heavy atom. The zero-order valence-corrected chi connectivity index (χ0v) is 13.9. The van der Waals surface area contributed by atoms with E-state index in [1.54, 1.807) is 18.2 Å². The smallest absolute Gasteiger partial charge is 0.320 e. The summed E-state index contributed by atoms with van der Waals surface area (Å²) in [4.78, 5) is 14.7. The zero-order chi connectivity index (χ0) is 16.3. The van der Waals surface area contributed by atoms with Crippen LogP contribution in [-0.2, 0) is 4.74 Å². The van der Waals surface area contributed by atoms with Crippen molar-refractivity contribution < 1.29 is 14.3 Å². The van der Waals surface area contributed by atoms with Crippen LogP contribution < -0.4 is 4.73 Å². The van der Waals surface area contributed by atoms with Gasteiger partial charge in [0, 0.05) is 36.7 Å². The van der Waals surface area contributed by atoms with E-state index in [1.807, 2.05) is 18.7 Å². The van der Waals surface area contributed by atoms with E-state index in [0.717, 1.165) is 12.8 Å². The maximum absolute atomic E-state index is 12.8. The van der Waals surface area contributed by atoms with Crippen LogP contribution in [-0.4, -0.2) is 36.1 Å². The molecule has 0 unspecified atom stereocenters. The fourth-order valence-corrected chi connectivity index (χ4v) is 3.26. The van der Waals surface area contributed by atoms with Gasteiger partial charge in [0.25, 0.3) is 5.69 Å². The van der Waals surface area contributed by atoms with Crippen molar-refractivity contribution in [2.75, 3.05) is 13.2 Å². The Labute approximate surface area is 132 Å². The number of aromatic nitrogens is 1. The molecule has 1 aromatic heterocycles. The van der Waals surface area contributed by atoms with E-state index in [0.29, 0.717) is 17.9 Å². The number of hydrogen-bond donors (Lipinski definition) is 0. The van der Waals surface area contributed by atoms with Crippen LogP contribution in [0, 0.1) is 10.6 Å². The van der Waals surface area contributed by atoms with Crippen molar-refractivity contribution in [3.05, 3.63) is 35.3 Å². The first kappa shape index (κ1) is 16.7. The van der Waals surface area contributed by atoms with Crippen LogP contribution in [0.4, 0.5) is 0 Å². The third-order valence-electron chi connectivity index (χ3n) is 4.64. The first-order valence-electron chi connectivity index (χ1n) is 8.04. The molecule has 0 radical (unpaired) electrons. The van der Waals surface area contributed by atoms with Crippen molar-refractivity contribution in [1.29, 1.82) is 0 Å². The van der Waals surface area contributed by atoms with E-state index in [9.17, 15) is 10.0 Å². The largest absolute Gasteiger partial charge is 0.618 e. The minimum absolute atomic E-state index is 0.0939. The van der Waals surface area contributed by atoms with E-state index in [2.05, 4.69) is 13.8 Å². The standard InChI is InChI=1S/C17H26N2O3/c1-5-10-18(14-12-15(22-6-2)17(14,3)4)16(20)13-9-7-8-11-19(13)21/h7-9,11,14-15H,5-6,10,12H2,1-4H3/t14-,15+/m0/s1. The molecule has 0 saturated heterocycles. The van der Waals surface area contributed by atoms with Gasteiger partial charge in [-0.25, -0.2) is 0 Å². The van der Waals surface area contributed by atoms with E-state index in [4.69, 9.17) is 4.74 Å². The summed E-state index contributed by atoms with van der Waals surface area (Å²) >= 11 is 0. The fraction of sp³-hybridized carbons (Fsp3) is 0.647. The van der Waals surface area contributed by atoms with E-state index < -0.39 is 0 Å². The summed E-state index contributed by atoms with van der Waals surface area (Å²) in [6.07, 6.45) is 3.23. The molecule has 22 heavy (non-hydrogen) atoms. The van der Waals surface area contributed by atoms with Gasteiger partial charge in [0.1, 0.15) is 0 Å². The van der Waals surface area contributed by atoms with Gasteiger partial charge in [-0.1, -0.05) is 20.8 Å². The summed E-state index contributed by atoms with van der Waals surface area (Å²) in [7, 11) is 0. The van der Waals surface area contributed by atoms with Crippen LogP contribution in [0.15, 0.2) is 24.4 Å². The van der Waals surface area contributed by atoms with Gasteiger partial charge in [-0.2, -0.15) is 4.73 Å². The number of amides is 1. The molecule has 1 saturated carbocycles. The monoisotopic (exact) mass is 306 g/mol. The molecule has 0 spiro atoms. The summed E-state index contributed by atoms with van der Waals surface area (Å²) < 4.78 is 6.41. The van der Waals surface area contributed by atoms with Crippen molar-refractivity contribution >= 4 is 5.91 Å². The fourth-order valence-electron chi connectivity index (χ4n) is 3.26. The van der Waals surface area contributed by atoms with Crippen LogP contribution >= 0.6 is 0 Å². The second kappa shape index (κ2) is 6.65. The molecule has 1 fully saturated rings. The van der Waals surface area contributed by atoms with Crippen molar-refractivity contribution in [3.8, 4) is 0 Å². The molecule has 0 aromatic carbocycles. The SMILES string of the molecule is CCCN(C(=O)c1cccc[n+]1[O-])[C@H]1C[C@@H](OCC)C1(C)C. The molecule has 122 valence electrons. The minimum atomic E-state index is -0.189. The molecular weight excluding hydrogens is 280 g/mol. The predicted molar refractivity (Wildman–Crippen MR) is 84.3 cm³/mol. The van der Waals surface area contributed by atoms with Gasteiger partial charge in [0.2, 0.25) is 0 Å². The van der Waals surface area contributed by atoms with Gasteiger partial charge >= 0.3 is 5.91 Å². The molecule has 1 heterocycles. The highest BCUT2D eigenvalue weighted by Gasteiger charge is 2.53. The molecule has 0 N–H and O–H groups in total. The highest BCUT2D eigenvalue weighted by molar-refractivity contribution is 5.91. The summed E-state index contributed by atoms with van der Waals surface area (Å²) in [6.45, 7) is 9.63. The van der Waals surface area contributed by atoms with Gasteiger partial charge in [0.05, 0.1) is 6.10 Å². The third-order valence-corrected chi connectivity index (χ3v) is 4.64. The molecule has 0 aliphatic heterocycles. The van der Waals surface area contributed by atoms with Crippen molar-refractivity contribution in [2.45, 2.75) is 52.7 Å². The maximum atomic E-state index is 12.8. The van der Waals surface area contributed by atoms with E-state index >= 15 is 0 Å². The van der Waals surface area contributed by atoms with Gasteiger partial charge in [0.15, 0.2) is 6.20 Å². The summed E-state index contributed by atoms with van der Waals surface area (Å²) in [5, 5.41) is 11.9. The lowest BCUT2D eigenvalue weighted by Gasteiger charge is -2.55. The average molecular weight is 306 g/mol. The number of rotatable bonds is 6. The number of hydrogen-bond acceptors (Lipinski definition) is 3. The molecule has 1 aromatic rings. The number of ether oxygens (including phenoxy) is 1. The quantitative estimate of drug-likeness (QED) is 0.599. The third kappa shape index (κ3) is 2.95. The van der Waals surface area contributed by atoms with Gasteiger partial charge in [-0.3, -0.25) is 4.79 Å². The van der Waals surface area contributed by atoms with Crippen molar-refractivity contribution in [2.24, 2.45) is 5.41 Å². The molecule has 0 bridgehead atoms. The molecule has 1 aliphatic carbocycles. The van der Waals surface area contributed by atoms with Crippen LogP contribution in [0.3, 0.4) is 0 Å². The Hall–Kier alpha value is -1.62. The lowest BCUT2D eigenvalue weighted by Crippen LogP contribution is -2.64. The molecule has 2 rings (SSSR count). The van der Waals surface area contributed by atoms with Crippen LogP contribution in [0.25, 0.3) is 0 Å². The first-order chi connectivity index (χ1) is 10.4. The Morgan fingerprint density at radius 3 is 2.73 bits per heavy atom. The topological polar surface area (TPSA) is 56.5 Å². The number of pyridine rings is 1. The van der Waals surface area contributed by atoms with Crippen LogP contribution in [0.1, 0.15) is 51.0 Å². The van der Waals surface area contributed by atoms with Crippen molar-refractivity contribution in [1.82, 2.24) is 4.90 Å². The summed E-state index contributed by atoms with van der Waals surface area (Å²) in [5.41, 5.74) is 0.0928. The zero-order valence-electron chi connectivity index (χ0n) is 13.9. The minimum Gasteiger partial charge on any atom is -0.618 e. The lowest BCUT2D eigenvalue weighted by molar-refractivity contribution is -0.608. The maximum Gasteiger partial charge on any atom is 0.320 e. The normalized spacial score (nSPS) is 22.9. The highest BCUT2D eigenvalue weighted by atomic mass is 16.5. The van der Waals surface area contributed by atoms with Gasteiger partial charge in [-0.15, -0.1) is 0 Å². The van der Waals surface area contributed by atoms with Crippen molar-refractivity contribution in [3.63, 3.8) is 0 Å². The lowest BCUT2D eigenvalue weighted by atomic mass is 9.63. The van der Waals surface area contributed by atoms with E-state index in [-0.39, 0.29) is 29.2 Å². The molecular formula is C17H26N2O3. The van der Waals surface area contributed by atoms with Crippen LogP contribution in [0.2, 0.25) is 0 Å². The molecule has 1 aliphatic rings.